The van der Waals surface area contributed by atoms with Crippen LogP contribution in [0.15, 0.2) is 48.5 Å². The highest BCUT2D eigenvalue weighted by Gasteiger charge is 1.99. The molecule has 0 aromatic heterocycles. The molecule has 0 aliphatic rings. The summed E-state index contributed by atoms with van der Waals surface area (Å²) in [6, 6.07) is 16.6. The van der Waals surface area contributed by atoms with E-state index < -0.39 is 0 Å². The Hall–Kier alpha value is -2.16. The minimum Gasteiger partial charge on any atom is -0.494 e. The molecule has 0 bridgehead atoms. The highest BCUT2D eigenvalue weighted by Crippen LogP contribution is 2.19. The third-order valence-corrected chi connectivity index (χ3v) is 3.07. The summed E-state index contributed by atoms with van der Waals surface area (Å²) >= 11 is 0. The zero-order valence-electron chi connectivity index (χ0n) is 12.4. The minimum atomic E-state index is 0.696. The summed E-state index contributed by atoms with van der Waals surface area (Å²) in [5.74, 6) is 0.925. The molecular formula is C17H22N2O. The predicted molar refractivity (Wildman–Crippen MR) is 85.7 cm³/mol. The van der Waals surface area contributed by atoms with Gasteiger partial charge in [-0.2, -0.15) is 0 Å². The molecule has 0 unspecified atom stereocenters. The van der Waals surface area contributed by atoms with E-state index in [0.717, 1.165) is 18.0 Å². The fraction of sp³-hybridized carbons (Fsp3) is 0.294. The molecule has 1 N–H and O–H groups in total. The van der Waals surface area contributed by atoms with Crippen molar-refractivity contribution in [2.75, 3.05) is 30.9 Å². The summed E-state index contributed by atoms with van der Waals surface area (Å²) in [6.45, 7) is 3.48. The van der Waals surface area contributed by atoms with Gasteiger partial charge in [0.05, 0.1) is 6.61 Å². The van der Waals surface area contributed by atoms with Crippen molar-refractivity contribution in [2.45, 2.75) is 13.5 Å². The molecule has 0 amide bonds. The van der Waals surface area contributed by atoms with Crippen LogP contribution in [-0.2, 0) is 6.54 Å². The van der Waals surface area contributed by atoms with Crippen LogP contribution in [-0.4, -0.2) is 20.7 Å². The number of nitrogens with zero attached hydrogens (tertiary/aromatic N) is 1. The highest BCUT2D eigenvalue weighted by molar-refractivity contribution is 5.57. The van der Waals surface area contributed by atoms with Gasteiger partial charge in [0.1, 0.15) is 5.75 Å². The first-order chi connectivity index (χ1) is 9.69. The van der Waals surface area contributed by atoms with E-state index in [1.54, 1.807) is 0 Å². The molecule has 2 aromatic carbocycles. The molecule has 0 saturated heterocycles. The van der Waals surface area contributed by atoms with Gasteiger partial charge in [0.2, 0.25) is 0 Å². The second-order valence-corrected chi connectivity index (χ2v) is 4.88. The largest absolute Gasteiger partial charge is 0.494 e. The molecule has 3 nitrogen and oxygen atoms in total. The maximum Gasteiger partial charge on any atom is 0.119 e. The Bertz CT molecular complexity index is 552. The summed E-state index contributed by atoms with van der Waals surface area (Å²) in [4.78, 5) is 2.10. The third-order valence-electron chi connectivity index (χ3n) is 3.07. The molecule has 0 radical (unpaired) electrons. The van der Waals surface area contributed by atoms with Crippen molar-refractivity contribution in [3.05, 3.63) is 54.1 Å². The Balaban J connectivity index is 2.01. The summed E-state index contributed by atoms with van der Waals surface area (Å²) in [5, 5.41) is 3.44. The van der Waals surface area contributed by atoms with Crippen molar-refractivity contribution < 1.29 is 4.74 Å². The number of hydrogen-bond donors (Lipinski definition) is 1. The van der Waals surface area contributed by atoms with Gasteiger partial charge in [-0.05, 0) is 42.8 Å². The van der Waals surface area contributed by atoms with Crippen LogP contribution in [0.5, 0.6) is 5.75 Å². The van der Waals surface area contributed by atoms with E-state index in [4.69, 9.17) is 4.74 Å². The van der Waals surface area contributed by atoms with Gasteiger partial charge in [-0.1, -0.05) is 18.2 Å². The van der Waals surface area contributed by atoms with Crippen molar-refractivity contribution in [2.24, 2.45) is 0 Å². The molecule has 0 aliphatic heterocycles. The lowest BCUT2D eigenvalue weighted by Crippen LogP contribution is -2.09. The van der Waals surface area contributed by atoms with Crippen LogP contribution in [0.1, 0.15) is 12.5 Å². The molecule has 0 heterocycles. The summed E-state index contributed by atoms with van der Waals surface area (Å²) in [5.41, 5.74) is 3.53. The Morgan fingerprint density at radius 2 is 1.85 bits per heavy atom. The van der Waals surface area contributed by atoms with Gasteiger partial charge in [-0.3, -0.25) is 0 Å². The third kappa shape index (κ3) is 3.92. The fourth-order valence-electron chi connectivity index (χ4n) is 2.01. The standard InChI is InChI=1S/C17H22N2O/c1-4-20-17-10-5-7-14(11-17)13-18-15-8-6-9-16(12-15)19(2)3/h5-12,18H,4,13H2,1-3H3. The number of anilines is 2. The molecule has 2 aromatic rings. The van der Waals surface area contributed by atoms with Gasteiger partial charge in [-0.15, -0.1) is 0 Å². The molecule has 106 valence electrons. The molecule has 0 saturated carbocycles. The van der Waals surface area contributed by atoms with Gasteiger partial charge in [-0.25, -0.2) is 0 Å². The Kier molecular flexibility index (Phi) is 4.88. The average molecular weight is 270 g/mol. The molecule has 20 heavy (non-hydrogen) atoms. The maximum absolute atomic E-state index is 5.51. The van der Waals surface area contributed by atoms with Crippen molar-refractivity contribution in [1.82, 2.24) is 0 Å². The fourth-order valence-corrected chi connectivity index (χ4v) is 2.01. The number of ether oxygens (including phenoxy) is 1. The maximum atomic E-state index is 5.51. The quantitative estimate of drug-likeness (QED) is 0.865. The van der Waals surface area contributed by atoms with E-state index in [-0.39, 0.29) is 0 Å². The lowest BCUT2D eigenvalue weighted by Gasteiger charge is -2.14. The van der Waals surface area contributed by atoms with Crippen molar-refractivity contribution in [3.8, 4) is 5.75 Å². The van der Waals surface area contributed by atoms with Gasteiger partial charge in [0.15, 0.2) is 0 Å². The van der Waals surface area contributed by atoms with Gasteiger partial charge < -0.3 is 15.0 Å². The lowest BCUT2D eigenvalue weighted by atomic mass is 10.2. The normalized spacial score (nSPS) is 10.2. The second kappa shape index (κ2) is 6.85. The average Bonchev–Trinajstić information content (AvgIpc) is 2.46. The summed E-state index contributed by atoms with van der Waals surface area (Å²) < 4.78 is 5.51. The predicted octanol–water partition coefficient (Wildman–Crippen LogP) is 3.76. The van der Waals surface area contributed by atoms with E-state index in [0.29, 0.717) is 6.61 Å². The van der Waals surface area contributed by atoms with Gasteiger partial charge in [0, 0.05) is 32.0 Å². The van der Waals surface area contributed by atoms with Crippen LogP contribution >= 0.6 is 0 Å². The van der Waals surface area contributed by atoms with Crippen molar-refractivity contribution in [3.63, 3.8) is 0 Å². The number of benzene rings is 2. The minimum absolute atomic E-state index is 0.696. The van der Waals surface area contributed by atoms with E-state index in [1.807, 2.05) is 33.2 Å². The molecule has 0 atom stereocenters. The molecule has 2 rings (SSSR count). The Morgan fingerprint density at radius 1 is 1.05 bits per heavy atom. The Morgan fingerprint density at radius 3 is 2.60 bits per heavy atom. The van der Waals surface area contributed by atoms with E-state index >= 15 is 0 Å². The summed E-state index contributed by atoms with van der Waals surface area (Å²) in [6.07, 6.45) is 0. The molecule has 0 aliphatic carbocycles. The highest BCUT2D eigenvalue weighted by atomic mass is 16.5. The monoisotopic (exact) mass is 270 g/mol. The number of hydrogen-bond acceptors (Lipinski definition) is 3. The smallest absolute Gasteiger partial charge is 0.119 e. The number of nitrogens with one attached hydrogen (secondary N) is 1. The molecular weight excluding hydrogens is 248 g/mol. The SMILES string of the molecule is CCOc1cccc(CNc2cccc(N(C)C)c2)c1. The van der Waals surface area contributed by atoms with E-state index in [9.17, 15) is 0 Å². The second-order valence-electron chi connectivity index (χ2n) is 4.88. The molecule has 3 heteroatoms. The van der Waals surface area contributed by atoms with Crippen LogP contribution in [0.3, 0.4) is 0 Å². The molecule has 0 fully saturated rings. The van der Waals surface area contributed by atoms with E-state index in [2.05, 4.69) is 46.6 Å². The van der Waals surface area contributed by atoms with Crippen LogP contribution in [0.25, 0.3) is 0 Å². The number of rotatable bonds is 6. The topological polar surface area (TPSA) is 24.5 Å². The van der Waals surface area contributed by atoms with Crippen molar-refractivity contribution >= 4 is 11.4 Å². The van der Waals surface area contributed by atoms with E-state index in [1.165, 1.54) is 11.3 Å². The zero-order chi connectivity index (χ0) is 14.4. The Labute approximate surface area is 121 Å². The van der Waals surface area contributed by atoms with Crippen molar-refractivity contribution in [1.29, 1.82) is 0 Å². The molecule has 0 spiro atoms. The summed E-state index contributed by atoms with van der Waals surface area (Å²) in [7, 11) is 4.09. The first kappa shape index (κ1) is 14.3. The first-order valence-corrected chi connectivity index (χ1v) is 6.92. The first-order valence-electron chi connectivity index (χ1n) is 6.92. The van der Waals surface area contributed by atoms with Crippen LogP contribution in [0.4, 0.5) is 11.4 Å². The van der Waals surface area contributed by atoms with Crippen LogP contribution in [0, 0.1) is 0 Å². The van der Waals surface area contributed by atoms with Gasteiger partial charge in [0.25, 0.3) is 0 Å². The zero-order valence-corrected chi connectivity index (χ0v) is 12.4. The van der Waals surface area contributed by atoms with Crippen LogP contribution < -0.4 is 15.0 Å². The van der Waals surface area contributed by atoms with Crippen LogP contribution in [0.2, 0.25) is 0 Å². The lowest BCUT2D eigenvalue weighted by molar-refractivity contribution is 0.340. The van der Waals surface area contributed by atoms with Gasteiger partial charge >= 0.3 is 0 Å².